The molecule has 0 spiro atoms. The van der Waals surface area contributed by atoms with E-state index in [1.165, 1.54) is 48.5 Å². The predicted octanol–water partition coefficient (Wildman–Crippen LogP) is -1.02. The van der Waals surface area contributed by atoms with Crippen LogP contribution in [0, 0.1) is 31.1 Å². The Morgan fingerprint density at radius 1 is 0.548 bits per heavy atom. The zero-order chi connectivity index (χ0) is 23.1. The Morgan fingerprint density at radius 3 is 1.03 bits per heavy atom. The Hall–Kier alpha value is -0.228. The van der Waals surface area contributed by atoms with Crippen LogP contribution in [0.4, 0.5) is 0 Å². The van der Waals surface area contributed by atoms with Crippen molar-refractivity contribution in [1.82, 2.24) is 0 Å². The molecular formula is C14H14O12P4U. The van der Waals surface area contributed by atoms with Crippen LogP contribution in [0.25, 0.3) is 0 Å². The van der Waals surface area contributed by atoms with Crippen molar-refractivity contribution in [1.29, 1.82) is 0 Å². The van der Waals surface area contributed by atoms with E-state index in [0.29, 0.717) is 0 Å². The second-order valence-corrected chi connectivity index (χ2v) is 13.1. The van der Waals surface area contributed by atoms with E-state index in [0.717, 1.165) is 0 Å². The van der Waals surface area contributed by atoms with Crippen molar-refractivity contribution in [2.24, 2.45) is 0 Å². The van der Waals surface area contributed by atoms with E-state index in [4.69, 9.17) is 0 Å². The molecule has 31 heavy (non-hydrogen) atoms. The molecule has 2 atom stereocenters. The van der Waals surface area contributed by atoms with Crippen LogP contribution in [0.3, 0.4) is 0 Å². The van der Waals surface area contributed by atoms with Gasteiger partial charge in [0, 0.05) is 0 Å². The van der Waals surface area contributed by atoms with Gasteiger partial charge in [-0.25, -0.2) is 0 Å². The fourth-order valence-corrected chi connectivity index (χ4v) is 6.51. The number of hydrogen-bond acceptors (Lipinski definition) is 12. The molecule has 0 saturated heterocycles. The zero-order valence-corrected chi connectivity index (χ0v) is 23.1. The van der Waals surface area contributed by atoms with Gasteiger partial charge in [0.1, 0.15) is 11.5 Å². The van der Waals surface area contributed by atoms with Gasteiger partial charge in [0.2, 0.25) is 0 Å². The Balaban J connectivity index is 0.000000562. The average Bonchev–Trinajstić information content (AvgIpc) is 2.51. The van der Waals surface area contributed by atoms with Crippen LogP contribution in [0.15, 0.2) is 60.7 Å². The zero-order valence-electron chi connectivity index (χ0n) is 15.4. The minimum absolute atomic E-state index is 0. The van der Waals surface area contributed by atoms with Crippen LogP contribution < -0.4 is 38.4 Å². The quantitative estimate of drug-likeness (QED) is 0.297. The van der Waals surface area contributed by atoms with Crippen molar-refractivity contribution in [3.8, 4) is 11.5 Å². The maximum absolute atomic E-state index is 11.0. The van der Waals surface area contributed by atoms with E-state index in [9.17, 15) is 47.6 Å². The molecule has 0 aromatic heterocycles. The molecule has 0 bridgehead atoms. The molecule has 0 aliphatic rings. The third-order valence-electron chi connectivity index (χ3n) is 2.67. The maximum atomic E-state index is 11.0. The molecule has 2 aromatic rings. The smallest absolute Gasteiger partial charge is 0.810 e. The first kappa shape index (κ1) is 30.8. The molecule has 2 unspecified atom stereocenters. The van der Waals surface area contributed by atoms with Crippen LogP contribution >= 0.6 is 30.4 Å². The molecule has 0 radical (unpaired) electrons. The van der Waals surface area contributed by atoms with Crippen LogP contribution in [0.5, 0.6) is 11.5 Å². The first-order valence-electron chi connectivity index (χ1n) is 7.69. The van der Waals surface area contributed by atoms with Gasteiger partial charge in [-0.05, 0) is 24.3 Å². The number of hydrogen-bond donors (Lipinski definition) is 0. The van der Waals surface area contributed by atoms with E-state index in [2.05, 4.69) is 9.05 Å². The summed E-state index contributed by atoms with van der Waals surface area (Å²) >= 11 is 0. The second kappa shape index (κ2) is 12.9. The van der Waals surface area contributed by atoms with Crippen LogP contribution in [-0.4, -0.2) is 11.8 Å². The maximum Gasteiger partial charge on any atom is 6.00 e. The number of para-hydroxylation sites is 2. The van der Waals surface area contributed by atoms with Gasteiger partial charge in [0.05, 0.1) is 11.8 Å². The van der Waals surface area contributed by atoms with Crippen LogP contribution in [-0.2, 0) is 18.3 Å². The van der Waals surface area contributed by atoms with Gasteiger partial charge in [-0.15, -0.1) is 0 Å². The minimum Gasteiger partial charge on any atom is -0.810 e. The van der Waals surface area contributed by atoms with Crippen molar-refractivity contribution in [3.05, 3.63) is 60.7 Å². The Labute approximate surface area is 201 Å². The molecule has 0 fully saturated rings. The van der Waals surface area contributed by atoms with E-state index in [1.807, 2.05) is 0 Å². The molecular weight excluding hydrogens is 722 g/mol. The molecule has 0 heterocycles. The van der Waals surface area contributed by atoms with Crippen LogP contribution in [0.2, 0.25) is 0 Å². The third kappa shape index (κ3) is 16.1. The first-order chi connectivity index (χ1) is 13.6. The monoisotopic (exact) mass is 736 g/mol. The van der Waals surface area contributed by atoms with Crippen molar-refractivity contribution in [3.63, 3.8) is 0 Å². The molecule has 2 rings (SSSR count). The molecule has 2 aromatic carbocycles. The fourth-order valence-electron chi connectivity index (χ4n) is 1.77. The Bertz CT molecular complexity index is 909. The summed E-state index contributed by atoms with van der Waals surface area (Å²) in [5, 5.41) is 0. The topological polar surface area (TPSA) is 225 Å². The third-order valence-corrected chi connectivity index (χ3v) is 9.19. The normalized spacial score (nSPS) is 15.2. The molecule has 12 nitrogen and oxygen atoms in total. The molecule has 0 amide bonds. The van der Waals surface area contributed by atoms with E-state index in [1.54, 1.807) is 12.1 Å². The Kier molecular flexibility index (Phi) is 12.8. The fraction of sp³-hybridized carbons (Fsp3) is 0.143. The summed E-state index contributed by atoms with van der Waals surface area (Å²) in [6, 6.07) is 14.7. The van der Waals surface area contributed by atoms with Crippen molar-refractivity contribution in [2.45, 2.75) is 0 Å². The van der Waals surface area contributed by atoms with Crippen molar-refractivity contribution < 1.29 is 87.8 Å². The SMILES string of the molecule is O=P([O-])([O-])CP(=O)([O-])Oc1ccccc1.O=P([O-])([O-])CP(=O)([O-])Oc1ccccc1.[U+6]. The molecule has 0 N–H and O–H groups in total. The first-order valence-corrected chi connectivity index (χ1v) is 14.6. The standard InChI is InChI=1S/2C7H10O6P2.U/c2*8-14(9,10)6-15(11,12)13-7-4-2-1-3-5-7;/h2*1-5H,6H2,(H,11,12)(H2,8,9,10);/q;;+6/p-6. The van der Waals surface area contributed by atoms with Gasteiger partial charge in [0.25, 0.3) is 0 Å². The van der Waals surface area contributed by atoms with Crippen LogP contribution in [0.1, 0.15) is 0 Å². The Morgan fingerprint density at radius 2 is 0.806 bits per heavy atom. The minimum atomic E-state index is -5.12. The molecule has 166 valence electrons. The van der Waals surface area contributed by atoms with Gasteiger partial charge in [-0.1, -0.05) is 51.6 Å². The van der Waals surface area contributed by atoms with Gasteiger partial charge in [-0.3, -0.25) is 9.13 Å². The summed E-state index contributed by atoms with van der Waals surface area (Å²) in [4.78, 5) is 63.1. The van der Waals surface area contributed by atoms with Gasteiger partial charge < -0.3 is 47.5 Å². The largest absolute Gasteiger partial charge is 6.00 e. The van der Waals surface area contributed by atoms with Crippen molar-refractivity contribution in [2.75, 3.05) is 11.8 Å². The summed E-state index contributed by atoms with van der Waals surface area (Å²) in [5.74, 6) is -3.09. The predicted molar refractivity (Wildman–Crippen MR) is 94.3 cm³/mol. The summed E-state index contributed by atoms with van der Waals surface area (Å²) in [7, 11) is -19.6. The van der Waals surface area contributed by atoms with Gasteiger partial charge in [-0.2, -0.15) is 0 Å². The summed E-state index contributed by atoms with van der Waals surface area (Å²) in [5.41, 5.74) is 0. The van der Waals surface area contributed by atoms with E-state index < -0.39 is 42.2 Å². The van der Waals surface area contributed by atoms with E-state index >= 15 is 0 Å². The molecule has 0 saturated carbocycles. The summed E-state index contributed by atoms with van der Waals surface area (Å²) < 4.78 is 51.4. The molecule has 17 heteroatoms. The summed E-state index contributed by atoms with van der Waals surface area (Å²) in [6.45, 7) is 0. The summed E-state index contributed by atoms with van der Waals surface area (Å²) in [6.07, 6.45) is 0. The average molecular weight is 736 g/mol. The number of rotatable bonds is 8. The van der Waals surface area contributed by atoms with Gasteiger partial charge >= 0.3 is 31.1 Å². The van der Waals surface area contributed by atoms with Gasteiger partial charge in [0.15, 0.2) is 15.2 Å². The number of benzene rings is 2. The van der Waals surface area contributed by atoms with Crippen molar-refractivity contribution >= 4 is 30.4 Å². The molecule has 0 aliphatic carbocycles. The molecule has 0 aliphatic heterocycles. The second-order valence-electron chi connectivity index (χ2n) is 5.54. The van der Waals surface area contributed by atoms with E-state index in [-0.39, 0.29) is 42.6 Å².